The summed E-state index contributed by atoms with van der Waals surface area (Å²) in [6, 6.07) is 8.03. The highest BCUT2D eigenvalue weighted by Gasteiger charge is 2.41. The Bertz CT molecular complexity index is 1040. The number of halogens is 1. The first kappa shape index (κ1) is 19.1. The Balaban J connectivity index is 1.64. The van der Waals surface area contributed by atoms with Gasteiger partial charge in [-0.1, -0.05) is 0 Å². The van der Waals surface area contributed by atoms with Crippen molar-refractivity contribution in [3.63, 3.8) is 0 Å². The lowest BCUT2D eigenvalue weighted by molar-refractivity contribution is 0.184. The average Bonchev–Trinajstić information content (AvgIpc) is 3.33. The van der Waals surface area contributed by atoms with Gasteiger partial charge in [0.15, 0.2) is 4.96 Å². The van der Waals surface area contributed by atoms with Crippen LogP contribution in [0.4, 0.5) is 10.1 Å². The molecule has 0 radical (unpaired) electrons. The van der Waals surface area contributed by atoms with Crippen molar-refractivity contribution in [3.05, 3.63) is 62.8 Å². The van der Waals surface area contributed by atoms with Crippen LogP contribution in [0.3, 0.4) is 0 Å². The number of rotatable bonds is 7. The summed E-state index contributed by atoms with van der Waals surface area (Å²) in [7, 11) is 1.72. The predicted molar refractivity (Wildman–Crippen MR) is 110 cm³/mol. The van der Waals surface area contributed by atoms with E-state index in [1.54, 1.807) is 41.0 Å². The van der Waals surface area contributed by atoms with Gasteiger partial charge in [0.2, 0.25) is 0 Å². The minimum absolute atomic E-state index is 0.0300. The zero-order chi connectivity index (χ0) is 19.8. The fourth-order valence-electron chi connectivity index (χ4n) is 3.87. The van der Waals surface area contributed by atoms with Gasteiger partial charge in [0.25, 0.3) is 5.56 Å². The molecule has 2 heterocycles. The molecule has 2 unspecified atom stereocenters. The number of nitrogens with zero attached hydrogens (tertiary/aromatic N) is 3. The van der Waals surface area contributed by atoms with E-state index in [9.17, 15) is 9.18 Å². The van der Waals surface area contributed by atoms with Crippen molar-refractivity contribution in [1.82, 2.24) is 9.38 Å². The number of hydrogen-bond acceptors (Lipinski definition) is 5. The third-order valence-electron chi connectivity index (χ3n) is 5.37. The second-order valence-electron chi connectivity index (χ2n) is 7.30. The molecule has 0 N–H and O–H groups in total. The summed E-state index contributed by atoms with van der Waals surface area (Å²) in [5, 5.41) is 0. The van der Waals surface area contributed by atoms with Crippen molar-refractivity contribution in [2.45, 2.75) is 32.7 Å². The standard InChI is InChI=1S/C21H24FN3O2S/c1-4-24(17-7-5-15(22)6-8-17)11-16-10-19(26)25-20(13(2)28-21(25)23-16)18-9-14(18)12-27-3/h5-8,10,14,18H,4,9,11-12H2,1-3H3. The highest BCUT2D eigenvalue weighted by atomic mass is 32.1. The Kier molecular flexibility index (Phi) is 5.21. The van der Waals surface area contributed by atoms with E-state index in [4.69, 9.17) is 9.72 Å². The lowest BCUT2D eigenvalue weighted by Gasteiger charge is -2.22. The summed E-state index contributed by atoms with van der Waals surface area (Å²) >= 11 is 1.57. The number of benzene rings is 1. The molecule has 2 aromatic heterocycles. The number of methoxy groups -OCH3 is 1. The molecular formula is C21H24FN3O2S. The van der Waals surface area contributed by atoms with Gasteiger partial charge in [0.1, 0.15) is 5.82 Å². The normalized spacial score (nSPS) is 18.6. The quantitative estimate of drug-likeness (QED) is 0.601. The molecule has 0 spiro atoms. The van der Waals surface area contributed by atoms with Crippen molar-refractivity contribution in [1.29, 1.82) is 0 Å². The van der Waals surface area contributed by atoms with Gasteiger partial charge in [-0.15, -0.1) is 11.3 Å². The smallest absolute Gasteiger partial charge is 0.259 e. The fourth-order valence-corrected chi connectivity index (χ4v) is 4.93. The number of thiazole rings is 1. The predicted octanol–water partition coefficient (Wildman–Crippen LogP) is 3.98. The highest BCUT2D eigenvalue weighted by Crippen LogP contribution is 2.49. The van der Waals surface area contributed by atoms with Gasteiger partial charge in [-0.3, -0.25) is 9.20 Å². The Morgan fingerprint density at radius 2 is 2.11 bits per heavy atom. The molecule has 1 aromatic carbocycles. The molecule has 28 heavy (non-hydrogen) atoms. The van der Waals surface area contributed by atoms with Crippen LogP contribution in [0.15, 0.2) is 35.1 Å². The molecule has 0 amide bonds. The van der Waals surface area contributed by atoms with Gasteiger partial charge in [-0.05, 0) is 50.5 Å². The Hall–Kier alpha value is -2.25. The van der Waals surface area contributed by atoms with Crippen LogP contribution in [0.2, 0.25) is 0 Å². The van der Waals surface area contributed by atoms with Gasteiger partial charge in [-0.25, -0.2) is 9.37 Å². The first-order valence-corrected chi connectivity index (χ1v) is 10.3. The Labute approximate surface area is 167 Å². The number of aryl methyl sites for hydroxylation is 1. The van der Waals surface area contributed by atoms with E-state index in [0.29, 0.717) is 18.4 Å². The van der Waals surface area contributed by atoms with Gasteiger partial charge in [-0.2, -0.15) is 0 Å². The summed E-state index contributed by atoms with van der Waals surface area (Å²) in [6.45, 7) is 6.07. The van der Waals surface area contributed by atoms with Crippen LogP contribution in [0, 0.1) is 18.7 Å². The maximum atomic E-state index is 13.2. The zero-order valence-electron chi connectivity index (χ0n) is 16.3. The van der Waals surface area contributed by atoms with E-state index < -0.39 is 0 Å². The molecule has 0 saturated heterocycles. The second-order valence-corrected chi connectivity index (χ2v) is 8.48. The minimum Gasteiger partial charge on any atom is -0.384 e. The first-order chi connectivity index (χ1) is 13.5. The summed E-state index contributed by atoms with van der Waals surface area (Å²) < 4.78 is 20.3. The van der Waals surface area contributed by atoms with E-state index in [0.717, 1.165) is 46.5 Å². The molecule has 3 aromatic rings. The Morgan fingerprint density at radius 1 is 1.36 bits per heavy atom. The summed E-state index contributed by atoms with van der Waals surface area (Å²) in [4.78, 5) is 21.6. The molecule has 1 fully saturated rings. The maximum absolute atomic E-state index is 13.2. The molecule has 1 aliphatic rings. The third-order valence-corrected chi connectivity index (χ3v) is 6.34. The van der Waals surface area contributed by atoms with Crippen molar-refractivity contribution in [2.75, 3.05) is 25.2 Å². The van der Waals surface area contributed by atoms with Gasteiger partial charge in [0, 0.05) is 48.5 Å². The van der Waals surface area contributed by atoms with Crippen LogP contribution < -0.4 is 10.5 Å². The number of fused-ring (bicyclic) bond motifs is 1. The van der Waals surface area contributed by atoms with E-state index in [1.807, 2.05) is 6.92 Å². The van der Waals surface area contributed by atoms with Gasteiger partial charge in [0.05, 0.1) is 12.2 Å². The van der Waals surface area contributed by atoms with Crippen LogP contribution in [-0.4, -0.2) is 29.6 Å². The molecule has 0 bridgehead atoms. The van der Waals surface area contributed by atoms with E-state index in [2.05, 4.69) is 11.8 Å². The molecule has 5 nitrogen and oxygen atoms in total. The molecule has 7 heteroatoms. The average molecular weight is 402 g/mol. The topological polar surface area (TPSA) is 46.8 Å². The summed E-state index contributed by atoms with van der Waals surface area (Å²) in [6.07, 6.45) is 1.06. The van der Waals surface area contributed by atoms with Crippen molar-refractivity contribution in [3.8, 4) is 0 Å². The van der Waals surface area contributed by atoms with Gasteiger partial charge < -0.3 is 9.64 Å². The van der Waals surface area contributed by atoms with Crippen LogP contribution >= 0.6 is 11.3 Å². The van der Waals surface area contributed by atoms with Crippen LogP contribution in [0.1, 0.15) is 35.5 Å². The van der Waals surface area contributed by atoms with Crippen LogP contribution in [-0.2, 0) is 11.3 Å². The Morgan fingerprint density at radius 3 is 2.79 bits per heavy atom. The number of aromatic nitrogens is 2. The van der Waals surface area contributed by atoms with E-state index >= 15 is 0 Å². The minimum atomic E-state index is -0.258. The second kappa shape index (κ2) is 7.64. The molecule has 1 saturated carbocycles. The van der Waals surface area contributed by atoms with E-state index in [1.165, 1.54) is 12.1 Å². The number of anilines is 1. The summed E-state index contributed by atoms with van der Waals surface area (Å²) in [5.41, 5.74) is 2.71. The monoisotopic (exact) mass is 401 g/mol. The lowest BCUT2D eigenvalue weighted by atomic mass is 10.2. The van der Waals surface area contributed by atoms with Crippen molar-refractivity contribution in [2.24, 2.45) is 5.92 Å². The maximum Gasteiger partial charge on any atom is 0.259 e. The zero-order valence-corrected chi connectivity index (χ0v) is 17.1. The number of ether oxygens (including phenoxy) is 1. The molecule has 0 aliphatic heterocycles. The molecule has 4 rings (SSSR count). The largest absolute Gasteiger partial charge is 0.384 e. The third kappa shape index (κ3) is 3.56. The van der Waals surface area contributed by atoms with Crippen LogP contribution in [0.25, 0.3) is 4.96 Å². The van der Waals surface area contributed by atoms with Crippen molar-refractivity contribution < 1.29 is 9.13 Å². The molecule has 1 aliphatic carbocycles. The molecule has 2 atom stereocenters. The summed E-state index contributed by atoms with van der Waals surface area (Å²) in [5.74, 6) is 0.610. The van der Waals surface area contributed by atoms with E-state index in [-0.39, 0.29) is 11.4 Å². The molecular weight excluding hydrogens is 377 g/mol. The lowest BCUT2D eigenvalue weighted by Crippen LogP contribution is -2.25. The first-order valence-electron chi connectivity index (χ1n) is 9.53. The molecule has 148 valence electrons. The van der Waals surface area contributed by atoms with Crippen molar-refractivity contribution >= 4 is 22.0 Å². The SMILES string of the molecule is CCN(Cc1cc(=O)n2c(C3CC3COC)c(C)sc2n1)c1ccc(F)cc1. The highest BCUT2D eigenvalue weighted by molar-refractivity contribution is 7.17. The number of hydrogen-bond donors (Lipinski definition) is 0. The fraction of sp³-hybridized carbons (Fsp3) is 0.429. The van der Waals surface area contributed by atoms with Gasteiger partial charge >= 0.3 is 0 Å². The van der Waals surface area contributed by atoms with Crippen LogP contribution in [0.5, 0.6) is 0 Å².